The number of carbonyl (C=O) groups is 1. The van der Waals surface area contributed by atoms with Crippen molar-refractivity contribution in [3.05, 3.63) is 120 Å². The molecule has 0 N–H and O–H groups in total. The lowest BCUT2D eigenvalue weighted by atomic mass is 9.96. The van der Waals surface area contributed by atoms with Crippen LogP contribution in [0.15, 0.2) is 98.7 Å². The van der Waals surface area contributed by atoms with Gasteiger partial charge in [-0.25, -0.2) is 9.79 Å². The molecule has 0 radical (unpaired) electrons. The number of esters is 1. The number of fused-ring (bicyclic) bond motifs is 1. The van der Waals surface area contributed by atoms with Crippen molar-refractivity contribution in [2.75, 3.05) is 20.5 Å². The second-order valence-electron chi connectivity index (χ2n) is 9.03. The Hall–Kier alpha value is -4.08. The molecule has 4 aromatic rings. The molecule has 1 atom stereocenters. The molecule has 3 aromatic carbocycles. The lowest BCUT2D eigenvalue weighted by molar-refractivity contribution is -0.136. The molecule has 1 unspecified atom stereocenters. The Labute approximate surface area is 240 Å². The summed E-state index contributed by atoms with van der Waals surface area (Å²) in [5.41, 5.74) is 3.27. The number of nitrogens with zero attached hydrogens (tertiary/aromatic N) is 2. The first-order chi connectivity index (χ1) is 19.4. The van der Waals surface area contributed by atoms with Crippen LogP contribution in [0.1, 0.15) is 29.7 Å². The molecule has 1 aliphatic rings. The fraction of sp³-hybridized carbons (Fsp3) is 0.194. The number of thioether (sulfide) groups is 1. The van der Waals surface area contributed by atoms with Gasteiger partial charge in [-0.1, -0.05) is 59.9 Å². The zero-order valence-electron chi connectivity index (χ0n) is 22.5. The molecule has 0 saturated heterocycles. The van der Waals surface area contributed by atoms with E-state index in [1.54, 1.807) is 36.4 Å². The van der Waals surface area contributed by atoms with Crippen molar-refractivity contribution in [2.45, 2.75) is 24.5 Å². The number of hydrogen-bond acceptors (Lipinski definition) is 8. The Kier molecular flexibility index (Phi) is 8.23. The summed E-state index contributed by atoms with van der Waals surface area (Å²) in [6.07, 6.45) is 3.80. The maximum atomic E-state index is 13.8. The van der Waals surface area contributed by atoms with Crippen LogP contribution < -0.4 is 24.4 Å². The van der Waals surface area contributed by atoms with Crippen molar-refractivity contribution in [2.24, 2.45) is 4.99 Å². The van der Waals surface area contributed by atoms with Crippen LogP contribution in [0.2, 0.25) is 0 Å². The zero-order valence-corrected chi connectivity index (χ0v) is 24.2. The van der Waals surface area contributed by atoms with Gasteiger partial charge in [0, 0.05) is 4.90 Å². The number of aromatic nitrogens is 1. The quantitative estimate of drug-likeness (QED) is 0.225. The van der Waals surface area contributed by atoms with Crippen molar-refractivity contribution < 1.29 is 19.0 Å². The van der Waals surface area contributed by atoms with E-state index in [1.165, 1.54) is 18.4 Å². The first kappa shape index (κ1) is 27.5. The maximum Gasteiger partial charge on any atom is 0.338 e. The molecule has 204 valence electrons. The molecule has 1 aromatic heterocycles. The summed E-state index contributed by atoms with van der Waals surface area (Å²) in [4.78, 5) is 32.9. The van der Waals surface area contributed by atoms with Crippen molar-refractivity contribution in [1.29, 1.82) is 0 Å². The third kappa shape index (κ3) is 5.48. The largest absolute Gasteiger partial charge is 0.493 e. The minimum atomic E-state index is -0.648. The van der Waals surface area contributed by atoms with Gasteiger partial charge in [0.2, 0.25) is 0 Å². The number of methoxy groups -OCH3 is 2. The van der Waals surface area contributed by atoms with E-state index in [1.807, 2.05) is 79.1 Å². The molecule has 0 saturated carbocycles. The topological polar surface area (TPSA) is 79.1 Å². The average molecular weight is 573 g/mol. The second kappa shape index (κ2) is 12.0. The fourth-order valence-corrected chi connectivity index (χ4v) is 6.03. The van der Waals surface area contributed by atoms with Gasteiger partial charge in [-0.2, -0.15) is 0 Å². The Balaban J connectivity index is 1.55. The van der Waals surface area contributed by atoms with E-state index in [0.717, 1.165) is 21.6 Å². The van der Waals surface area contributed by atoms with Crippen LogP contribution in [0, 0.1) is 0 Å². The Bertz CT molecular complexity index is 1760. The van der Waals surface area contributed by atoms with Crippen LogP contribution in [0.5, 0.6) is 11.5 Å². The first-order valence-electron chi connectivity index (χ1n) is 12.5. The molecular formula is C31H28N2O5S2. The SMILES string of the molecule is COC(=O)C1=C(C)N=c2sc(=Cc3ccc(OCc4ccccc4)c(OC)c3)c(=O)n2C1c1ccc(SC)cc1. The van der Waals surface area contributed by atoms with Crippen LogP contribution in [0.25, 0.3) is 6.08 Å². The molecule has 0 amide bonds. The van der Waals surface area contributed by atoms with Crippen molar-refractivity contribution >= 4 is 35.1 Å². The smallest absolute Gasteiger partial charge is 0.338 e. The summed E-state index contributed by atoms with van der Waals surface area (Å²) < 4.78 is 18.7. The van der Waals surface area contributed by atoms with Gasteiger partial charge in [-0.3, -0.25) is 9.36 Å². The van der Waals surface area contributed by atoms with E-state index in [9.17, 15) is 9.59 Å². The molecule has 40 heavy (non-hydrogen) atoms. The van der Waals surface area contributed by atoms with Gasteiger partial charge in [-0.15, -0.1) is 11.8 Å². The number of thiazole rings is 1. The van der Waals surface area contributed by atoms with Crippen molar-refractivity contribution in [3.63, 3.8) is 0 Å². The minimum Gasteiger partial charge on any atom is -0.493 e. The predicted molar refractivity (Wildman–Crippen MR) is 158 cm³/mol. The number of hydrogen-bond donors (Lipinski definition) is 0. The summed E-state index contributed by atoms with van der Waals surface area (Å²) in [7, 11) is 2.92. The number of rotatable bonds is 8. The summed E-state index contributed by atoms with van der Waals surface area (Å²) in [6.45, 7) is 2.18. The van der Waals surface area contributed by atoms with Crippen molar-refractivity contribution in [3.8, 4) is 11.5 Å². The molecule has 2 heterocycles. The molecule has 7 nitrogen and oxygen atoms in total. The van der Waals surface area contributed by atoms with E-state index >= 15 is 0 Å². The summed E-state index contributed by atoms with van der Waals surface area (Å²) in [5, 5.41) is 0. The molecule has 0 aliphatic carbocycles. The monoisotopic (exact) mass is 572 g/mol. The van der Waals surface area contributed by atoms with Crippen LogP contribution in [0.4, 0.5) is 0 Å². The van der Waals surface area contributed by atoms with Crippen molar-refractivity contribution in [1.82, 2.24) is 4.57 Å². The molecule has 0 spiro atoms. The Morgan fingerprint density at radius 1 is 1.05 bits per heavy atom. The highest BCUT2D eigenvalue weighted by Crippen LogP contribution is 2.32. The van der Waals surface area contributed by atoms with Gasteiger partial charge in [0.1, 0.15) is 6.61 Å². The molecular weight excluding hydrogens is 544 g/mol. The third-order valence-electron chi connectivity index (χ3n) is 6.58. The minimum absolute atomic E-state index is 0.236. The second-order valence-corrected chi connectivity index (χ2v) is 10.9. The predicted octanol–water partition coefficient (Wildman–Crippen LogP) is 4.72. The standard InChI is InChI=1S/C31H28N2O5S2/c1-19-27(30(35)37-3)28(22-11-13-23(39-4)14-12-22)33-29(34)26(40-31(33)32-19)17-21-10-15-24(25(16-21)36-2)38-18-20-8-6-5-7-9-20/h5-17,28H,18H2,1-4H3. The van der Waals surface area contributed by atoms with E-state index in [-0.39, 0.29) is 5.56 Å². The number of carbonyl (C=O) groups excluding carboxylic acids is 1. The Morgan fingerprint density at radius 2 is 1.80 bits per heavy atom. The highest BCUT2D eigenvalue weighted by Gasteiger charge is 2.33. The highest BCUT2D eigenvalue weighted by molar-refractivity contribution is 7.98. The van der Waals surface area contributed by atoms with Gasteiger partial charge in [0.05, 0.1) is 36.1 Å². The third-order valence-corrected chi connectivity index (χ3v) is 8.31. The Morgan fingerprint density at radius 3 is 2.48 bits per heavy atom. The molecule has 1 aliphatic heterocycles. The van der Waals surface area contributed by atoms with Gasteiger partial charge in [0.25, 0.3) is 5.56 Å². The molecule has 0 fully saturated rings. The van der Waals surface area contributed by atoms with E-state index in [4.69, 9.17) is 14.2 Å². The van der Waals surface area contributed by atoms with Crippen LogP contribution in [-0.4, -0.2) is 31.0 Å². The summed E-state index contributed by atoms with van der Waals surface area (Å²) in [6, 6.07) is 22.6. The van der Waals surface area contributed by atoms with Gasteiger partial charge in [0.15, 0.2) is 16.3 Å². The lowest BCUT2D eigenvalue weighted by Crippen LogP contribution is -2.39. The van der Waals surface area contributed by atoms with Gasteiger partial charge in [-0.05, 0) is 60.2 Å². The van der Waals surface area contributed by atoms with E-state index in [0.29, 0.717) is 38.7 Å². The summed E-state index contributed by atoms with van der Waals surface area (Å²) in [5.74, 6) is 0.662. The summed E-state index contributed by atoms with van der Waals surface area (Å²) >= 11 is 2.90. The zero-order chi connectivity index (χ0) is 28.2. The number of benzene rings is 3. The number of ether oxygens (including phenoxy) is 3. The van der Waals surface area contributed by atoms with Gasteiger partial charge < -0.3 is 14.2 Å². The lowest BCUT2D eigenvalue weighted by Gasteiger charge is -2.24. The van der Waals surface area contributed by atoms with E-state index < -0.39 is 12.0 Å². The average Bonchev–Trinajstić information content (AvgIpc) is 3.29. The van der Waals surface area contributed by atoms with Gasteiger partial charge >= 0.3 is 5.97 Å². The first-order valence-corrected chi connectivity index (χ1v) is 14.6. The highest BCUT2D eigenvalue weighted by atomic mass is 32.2. The molecule has 5 rings (SSSR count). The van der Waals surface area contributed by atoms with Crippen LogP contribution in [0.3, 0.4) is 0 Å². The fourth-order valence-electron chi connectivity index (χ4n) is 4.57. The maximum absolute atomic E-state index is 13.8. The van der Waals surface area contributed by atoms with E-state index in [2.05, 4.69) is 4.99 Å². The molecule has 0 bridgehead atoms. The van der Waals surface area contributed by atoms with Crippen LogP contribution >= 0.6 is 23.1 Å². The van der Waals surface area contributed by atoms with Crippen LogP contribution in [-0.2, 0) is 16.1 Å². The number of allylic oxidation sites excluding steroid dienone is 1. The normalized spacial score (nSPS) is 14.9. The molecule has 9 heteroatoms.